The third kappa shape index (κ3) is 3.42. The van der Waals surface area contributed by atoms with Crippen LogP contribution in [0.15, 0.2) is 12.3 Å². The highest BCUT2D eigenvalue weighted by atomic mass is 16.3. The van der Waals surface area contributed by atoms with E-state index in [1.807, 2.05) is 20.8 Å². The van der Waals surface area contributed by atoms with E-state index in [4.69, 9.17) is 5.11 Å². The van der Waals surface area contributed by atoms with Gasteiger partial charge in [0.15, 0.2) is 0 Å². The van der Waals surface area contributed by atoms with Gasteiger partial charge in [0.2, 0.25) is 0 Å². The predicted molar refractivity (Wildman–Crippen MR) is 48.4 cm³/mol. The molecule has 0 spiro atoms. The average molecular weight is 157 g/mol. The summed E-state index contributed by atoms with van der Waals surface area (Å²) in [7, 11) is 0. The summed E-state index contributed by atoms with van der Waals surface area (Å²) in [6.45, 7) is 11.5. The normalized spacial score (nSPS) is 22.5. The fourth-order valence-corrected chi connectivity index (χ4v) is 1.09. The molecule has 1 unspecified atom stereocenters. The van der Waals surface area contributed by atoms with Gasteiger partial charge >= 0.3 is 0 Å². The summed E-state index contributed by atoms with van der Waals surface area (Å²) in [4.78, 5) is 2.10. The fourth-order valence-electron chi connectivity index (χ4n) is 1.09. The topological polar surface area (TPSA) is 23.5 Å². The van der Waals surface area contributed by atoms with E-state index in [1.165, 1.54) is 0 Å². The fraction of sp³-hybridized carbons (Fsp3) is 0.778. The largest absolute Gasteiger partial charge is 0.391 e. The second kappa shape index (κ2) is 5.19. The number of aliphatic hydroxyl groups is 1. The molecule has 0 aromatic heterocycles. The highest BCUT2D eigenvalue weighted by Gasteiger charge is 2.18. The summed E-state index contributed by atoms with van der Waals surface area (Å²) in [5.41, 5.74) is 1.06. The average Bonchev–Trinajstić information content (AvgIpc) is 2.40. The first-order valence-electron chi connectivity index (χ1n) is 4.28. The second-order valence-electron chi connectivity index (χ2n) is 2.62. The van der Waals surface area contributed by atoms with Gasteiger partial charge in [0.25, 0.3) is 0 Å². The number of hydrogen-bond donors (Lipinski definition) is 1. The van der Waals surface area contributed by atoms with Crippen molar-refractivity contribution in [3.63, 3.8) is 0 Å². The van der Waals surface area contributed by atoms with Gasteiger partial charge in [-0.3, -0.25) is 0 Å². The van der Waals surface area contributed by atoms with Crippen LogP contribution in [0.4, 0.5) is 0 Å². The molecule has 1 heterocycles. The van der Waals surface area contributed by atoms with Gasteiger partial charge in [-0.15, -0.1) is 0 Å². The molecule has 1 saturated heterocycles. The summed E-state index contributed by atoms with van der Waals surface area (Å²) in [6, 6.07) is 0. The van der Waals surface area contributed by atoms with Crippen LogP contribution in [0.2, 0.25) is 0 Å². The highest BCUT2D eigenvalue weighted by molar-refractivity contribution is 4.93. The third-order valence-electron chi connectivity index (χ3n) is 1.70. The first-order chi connectivity index (χ1) is 5.20. The smallest absolute Gasteiger partial charge is 0.0731 e. The minimum absolute atomic E-state index is 0.123. The molecule has 1 aliphatic rings. The molecule has 66 valence electrons. The Morgan fingerprint density at radius 3 is 2.27 bits per heavy atom. The van der Waals surface area contributed by atoms with Crippen LogP contribution in [-0.2, 0) is 0 Å². The number of aliphatic hydroxyl groups excluding tert-OH is 1. The first-order valence-corrected chi connectivity index (χ1v) is 4.28. The molecule has 0 aliphatic carbocycles. The van der Waals surface area contributed by atoms with Gasteiger partial charge in [0, 0.05) is 18.8 Å². The van der Waals surface area contributed by atoms with Crippen molar-refractivity contribution in [3.8, 4) is 0 Å². The number of rotatable bonds is 1. The van der Waals surface area contributed by atoms with Crippen LogP contribution in [0.25, 0.3) is 0 Å². The lowest BCUT2D eigenvalue weighted by atomic mass is 10.3. The van der Waals surface area contributed by atoms with Crippen molar-refractivity contribution in [2.45, 2.75) is 33.3 Å². The number of β-amino-alcohol motifs (C(OH)–C–C–N with tert-alkyl or cyclic N) is 1. The van der Waals surface area contributed by atoms with E-state index in [1.54, 1.807) is 0 Å². The van der Waals surface area contributed by atoms with Crippen molar-refractivity contribution >= 4 is 0 Å². The number of hydrogen-bond acceptors (Lipinski definition) is 2. The minimum Gasteiger partial charge on any atom is -0.391 e. The molecule has 0 aromatic carbocycles. The van der Waals surface area contributed by atoms with Crippen LogP contribution >= 0.6 is 0 Å². The van der Waals surface area contributed by atoms with E-state index in [9.17, 15) is 0 Å². The standard InChI is InChI=1S/C7H13NO.C2H6/c1-6(2)8-4-3-7(9)5-8;1-2/h7,9H,1,3-5H2,2H3;1-2H3. The molecule has 1 aliphatic heterocycles. The molecule has 0 aromatic rings. The van der Waals surface area contributed by atoms with Crippen LogP contribution < -0.4 is 0 Å². The van der Waals surface area contributed by atoms with Crippen molar-refractivity contribution in [2.75, 3.05) is 13.1 Å². The molecule has 1 fully saturated rings. The lowest BCUT2D eigenvalue weighted by Gasteiger charge is -2.16. The highest BCUT2D eigenvalue weighted by Crippen LogP contribution is 2.12. The minimum atomic E-state index is -0.123. The molecular weight excluding hydrogens is 138 g/mol. The Morgan fingerprint density at radius 1 is 1.55 bits per heavy atom. The van der Waals surface area contributed by atoms with Crippen molar-refractivity contribution in [1.29, 1.82) is 0 Å². The summed E-state index contributed by atoms with van der Waals surface area (Å²) < 4.78 is 0. The van der Waals surface area contributed by atoms with Crippen molar-refractivity contribution in [2.24, 2.45) is 0 Å². The van der Waals surface area contributed by atoms with Gasteiger partial charge in [-0.2, -0.15) is 0 Å². The number of likely N-dealkylation sites (tertiary alicyclic amines) is 1. The van der Waals surface area contributed by atoms with Crippen LogP contribution in [0.1, 0.15) is 27.2 Å². The van der Waals surface area contributed by atoms with Gasteiger partial charge in [-0.1, -0.05) is 20.4 Å². The summed E-state index contributed by atoms with van der Waals surface area (Å²) >= 11 is 0. The maximum absolute atomic E-state index is 9.07. The molecule has 1 N–H and O–H groups in total. The molecule has 0 radical (unpaired) electrons. The lowest BCUT2D eigenvalue weighted by molar-refractivity contribution is 0.184. The Labute approximate surface area is 69.5 Å². The lowest BCUT2D eigenvalue weighted by Crippen LogP contribution is -2.18. The molecule has 0 amide bonds. The van der Waals surface area contributed by atoms with Crippen LogP contribution in [0, 0.1) is 0 Å². The van der Waals surface area contributed by atoms with Crippen molar-refractivity contribution < 1.29 is 5.11 Å². The zero-order chi connectivity index (χ0) is 8.85. The SMILES string of the molecule is C=C(C)N1CCC(O)C1.CC. The molecule has 0 bridgehead atoms. The molecule has 0 saturated carbocycles. The van der Waals surface area contributed by atoms with E-state index in [0.29, 0.717) is 0 Å². The molecule has 2 heteroatoms. The Kier molecular flexibility index (Phi) is 4.95. The van der Waals surface area contributed by atoms with Crippen molar-refractivity contribution in [1.82, 2.24) is 4.90 Å². The number of allylic oxidation sites excluding steroid dienone is 1. The molecule has 11 heavy (non-hydrogen) atoms. The van der Waals surface area contributed by atoms with Crippen LogP contribution in [0.5, 0.6) is 0 Å². The third-order valence-corrected chi connectivity index (χ3v) is 1.70. The maximum atomic E-state index is 9.07. The summed E-state index contributed by atoms with van der Waals surface area (Å²) in [6.07, 6.45) is 0.772. The van der Waals surface area contributed by atoms with Crippen LogP contribution in [-0.4, -0.2) is 29.2 Å². The van der Waals surface area contributed by atoms with Crippen molar-refractivity contribution in [3.05, 3.63) is 12.3 Å². The van der Waals surface area contributed by atoms with Crippen LogP contribution in [0.3, 0.4) is 0 Å². The Morgan fingerprint density at radius 2 is 2.09 bits per heavy atom. The quantitative estimate of drug-likeness (QED) is 0.625. The first kappa shape index (κ1) is 10.5. The van der Waals surface area contributed by atoms with E-state index < -0.39 is 0 Å². The maximum Gasteiger partial charge on any atom is 0.0731 e. The van der Waals surface area contributed by atoms with E-state index >= 15 is 0 Å². The zero-order valence-corrected chi connectivity index (χ0v) is 7.80. The second-order valence-corrected chi connectivity index (χ2v) is 2.62. The summed E-state index contributed by atoms with van der Waals surface area (Å²) in [5.74, 6) is 0. The Hall–Kier alpha value is -0.500. The molecule has 2 nitrogen and oxygen atoms in total. The summed E-state index contributed by atoms with van der Waals surface area (Å²) in [5, 5.41) is 9.07. The van der Waals surface area contributed by atoms with E-state index in [-0.39, 0.29) is 6.10 Å². The number of nitrogens with zero attached hydrogens (tertiary/aromatic N) is 1. The Bertz CT molecular complexity index is 123. The molecule has 1 rings (SSSR count). The van der Waals surface area contributed by atoms with Gasteiger partial charge < -0.3 is 10.0 Å². The molecule has 1 atom stereocenters. The van der Waals surface area contributed by atoms with Gasteiger partial charge in [-0.05, 0) is 13.3 Å². The van der Waals surface area contributed by atoms with E-state index in [0.717, 1.165) is 25.2 Å². The van der Waals surface area contributed by atoms with E-state index in [2.05, 4.69) is 11.5 Å². The zero-order valence-electron chi connectivity index (χ0n) is 7.80. The van der Waals surface area contributed by atoms with Gasteiger partial charge in [0.05, 0.1) is 6.10 Å². The predicted octanol–water partition coefficient (Wildman–Crippen LogP) is 1.61. The monoisotopic (exact) mass is 157 g/mol. The van der Waals surface area contributed by atoms with Gasteiger partial charge in [-0.25, -0.2) is 0 Å². The van der Waals surface area contributed by atoms with Gasteiger partial charge in [0.1, 0.15) is 0 Å². The molecular formula is C9H19NO. The Balaban J connectivity index is 0.000000461.